The van der Waals surface area contributed by atoms with E-state index in [9.17, 15) is 9.18 Å². The Labute approximate surface area is 276 Å². The number of hydrogen-bond donors (Lipinski definition) is 3. The van der Waals surface area contributed by atoms with Crippen molar-refractivity contribution in [1.29, 1.82) is 0 Å². The van der Waals surface area contributed by atoms with E-state index >= 15 is 0 Å². The number of carbonyl (C=O) groups excluding carboxylic acids is 2. The maximum atomic E-state index is 13.3. The predicted octanol–water partition coefficient (Wildman–Crippen LogP) is 7.57. The Balaban J connectivity index is 0. The van der Waals surface area contributed by atoms with Gasteiger partial charge >= 0.3 is 0 Å². The summed E-state index contributed by atoms with van der Waals surface area (Å²) in [6.45, 7) is 16.8. The average molecular weight is 647 g/mol. The van der Waals surface area contributed by atoms with Gasteiger partial charge in [0.1, 0.15) is 17.9 Å². The maximum absolute atomic E-state index is 13.3. The van der Waals surface area contributed by atoms with Gasteiger partial charge < -0.3 is 35.5 Å². The smallest absolute Gasteiger partial charge is 0.254 e. The van der Waals surface area contributed by atoms with Crippen molar-refractivity contribution >= 4 is 12.7 Å². The molecule has 4 rings (SSSR count). The minimum Gasteiger partial charge on any atom is -0.508 e. The Morgan fingerprint density at radius 3 is 2.13 bits per heavy atom. The number of phenols is 1. The van der Waals surface area contributed by atoms with Crippen LogP contribution < -0.4 is 16.2 Å². The second-order valence-electron chi connectivity index (χ2n) is 10.3. The standard InChI is InChI=1S/C13H22N2O3.C12H9FO.C6H13N.2C2H6.CH3NO/c1-10(2)11(9-16)12-8-13(15-18-12)17-7-5-3-4-6-14;13-12-4-2-1-3-11(12)9-5-7-10(14)8-6-9;1-6-4-3-5-7(6)2;2*1-2;2-1-3/h8-11H,3-7,14H2,1-2H3;1-8,14H;6H,3-5H2,1-2H3;2*1-2H3;1H,(H2,2,3). The number of hydrogen-bond acceptors (Lipinski definition) is 8. The van der Waals surface area contributed by atoms with Crippen molar-refractivity contribution in [1.82, 2.24) is 10.1 Å². The van der Waals surface area contributed by atoms with E-state index < -0.39 is 0 Å². The lowest BCUT2D eigenvalue weighted by Crippen LogP contribution is -2.20. The van der Waals surface area contributed by atoms with Gasteiger partial charge in [-0.2, -0.15) is 0 Å². The first-order valence-electron chi connectivity index (χ1n) is 16.3. The van der Waals surface area contributed by atoms with Crippen LogP contribution in [-0.4, -0.2) is 60.6 Å². The number of aromatic nitrogens is 1. The SMILES string of the molecule is CC.CC.CC(C)C(C=O)c1cc(OCCCCCN)no1.CC1CCCN1C.NC=O.Oc1ccc(-c2ccccc2F)cc1. The van der Waals surface area contributed by atoms with E-state index in [1.165, 1.54) is 25.5 Å². The number of benzene rings is 2. The number of likely N-dealkylation sites (tertiary alicyclic amines) is 1. The van der Waals surface area contributed by atoms with Gasteiger partial charge in [0.15, 0.2) is 5.76 Å². The molecule has 2 heterocycles. The van der Waals surface area contributed by atoms with E-state index in [1.54, 1.807) is 48.5 Å². The van der Waals surface area contributed by atoms with Gasteiger partial charge in [0, 0.05) is 17.7 Å². The number of carbonyl (C=O) groups is 2. The highest BCUT2D eigenvalue weighted by atomic mass is 19.1. The first kappa shape index (κ1) is 44.4. The highest BCUT2D eigenvalue weighted by Gasteiger charge is 2.20. The summed E-state index contributed by atoms with van der Waals surface area (Å²) in [6, 6.07) is 15.6. The van der Waals surface area contributed by atoms with Gasteiger partial charge in [0.05, 0.1) is 12.5 Å². The van der Waals surface area contributed by atoms with Gasteiger partial charge in [-0.25, -0.2) is 4.39 Å². The van der Waals surface area contributed by atoms with Gasteiger partial charge in [-0.3, -0.25) is 4.79 Å². The van der Waals surface area contributed by atoms with E-state index in [0.29, 0.717) is 30.4 Å². The second-order valence-corrected chi connectivity index (χ2v) is 10.3. The molecule has 2 unspecified atom stereocenters. The van der Waals surface area contributed by atoms with Crippen LogP contribution in [0, 0.1) is 11.7 Å². The van der Waals surface area contributed by atoms with Crippen molar-refractivity contribution in [3.05, 3.63) is 66.2 Å². The lowest BCUT2D eigenvalue weighted by Gasteiger charge is -2.12. The van der Waals surface area contributed by atoms with Crippen LogP contribution in [0.1, 0.15) is 92.2 Å². The monoisotopic (exact) mass is 646 g/mol. The number of amides is 1. The molecule has 0 aliphatic carbocycles. The Bertz CT molecular complexity index is 1130. The summed E-state index contributed by atoms with van der Waals surface area (Å²) >= 11 is 0. The second kappa shape index (κ2) is 28.7. The van der Waals surface area contributed by atoms with Crippen molar-refractivity contribution in [3.63, 3.8) is 0 Å². The number of halogens is 1. The average Bonchev–Trinajstić information content (AvgIpc) is 3.69. The van der Waals surface area contributed by atoms with Crippen LogP contribution >= 0.6 is 0 Å². The first-order chi connectivity index (χ1) is 22.2. The van der Waals surface area contributed by atoms with E-state index in [0.717, 1.165) is 37.2 Å². The minimum atomic E-state index is -0.257. The van der Waals surface area contributed by atoms with E-state index in [2.05, 4.69) is 29.8 Å². The normalized spacial score (nSPS) is 13.8. The van der Waals surface area contributed by atoms with Crippen LogP contribution in [0.15, 0.2) is 59.1 Å². The fraction of sp³-hybridized carbons (Fsp3) is 0.528. The molecule has 3 aromatic rings. The lowest BCUT2D eigenvalue weighted by atomic mass is 9.95. The fourth-order valence-electron chi connectivity index (χ4n) is 4.06. The molecule has 1 aromatic heterocycles. The topological polar surface area (TPSA) is 145 Å². The quantitative estimate of drug-likeness (QED) is 0.151. The third-order valence-corrected chi connectivity index (χ3v) is 6.74. The van der Waals surface area contributed by atoms with Crippen LogP contribution in [-0.2, 0) is 9.59 Å². The molecule has 0 spiro atoms. The minimum absolute atomic E-state index is 0.185. The molecular formula is C36H59FN4O5. The molecule has 1 fully saturated rings. The molecule has 1 amide bonds. The number of phenolic OH excluding ortho intramolecular Hbond substituents is 1. The van der Waals surface area contributed by atoms with Crippen LogP contribution in [0.25, 0.3) is 11.1 Å². The zero-order chi connectivity index (χ0) is 35.3. The Hall–Kier alpha value is -3.76. The zero-order valence-electron chi connectivity index (χ0n) is 29.2. The first-order valence-corrected chi connectivity index (χ1v) is 16.3. The molecule has 2 aromatic carbocycles. The van der Waals surface area contributed by atoms with Gasteiger partial charge in [-0.15, -0.1) is 0 Å². The summed E-state index contributed by atoms with van der Waals surface area (Å²) < 4.78 is 23.9. The molecule has 46 heavy (non-hydrogen) atoms. The lowest BCUT2D eigenvalue weighted by molar-refractivity contribution is -0.110. The summed E-state index contributed by atoms with van der Waals surface area (Å²) in [6.07, 6.45) is 6.93. The summed E-state index contributed by atoms with van der Waals surface area (Å²) in [7, 11) is 2.19. The van der Waals surface area contributed by atoms with Crippen LogP contribution in [0.5, 0.6) is 11.6 Å². The van der Waals surface area contributed by atoms with Gasteiger partial charge in [-0.1, -0.05) is 71.9 Å². The number of nitrogens with zero attached hydrogens (tertiary/aromatic N) is 2. The molecule has 9 nitrogen and oxygen atoms in total. The van der Waals surface area contributed by atoms with Gasteiger partial charge in [0.2, 0.25) is 6.41 Å². The fourth-order valence-corrected chi connectivity index (χ4v) is 4.06. The van der Waals surface area contributed by atoms with Gasteiger partial charge in [-0.05, 0) is 94.0 Å². The van der Waals surface area contributed by atoms with Gasteiger partial charge in [0.25, 0.3) is 5.88 Å². The third kappa shape index (κ3) is 18.9. The summed E-state index contributed by atoms with van der Waals surface area (Å²) in [4.78, 5) is 21.9. The number of aldehydes is 1. The molecule has 260 valence electrons. The molecule has 5 N–H and O–H groups in total. The van der Waals surface area contributed by atoms with Crippen molar-refractivity contribution in [2.24, 2.45) is 17.4 Å². The Morgan fingerprint density at radius 2 is 1.67 bits per heavy atom. The highest BCUT2D eigenvalue weighted by Crippen LogP contribution is 2.26. The molecule has 1 aliphatic rings. The number of unbranched alkanes of at least 4 members (excludes halogenated alkanes) is 2. The molecule has 0 bridgehead atoms. The van der Waals surface area contributed by atoms with Crippen LogP contribution in [0.4, 0.5) is 4.39 Å². The molecule has 2 atom stereocenters. The molecule has 0 radical (unpaired) electrons. The van der Waals surface area contributed by atoms with Crippen LogP contribution in [0.2, 0.25) is 0 Å². The van der Waals surface area contributed by atoms with E-state index in [4.69, 9.17) is 24.9 Å². The Kier molecular flexibility index (Phi) is 27.7. The van der Waals surface area contributed by atoms with Crippen molar-refractivity contribution in [3.8, 4) is 22.8 Å². The van der Waals surface area contributed by atoms with E-state index in [1.807, 2.05) is 41.5 Å². The summed E-state index contributed by atoms with van der Waals surface area (Å²) in [5.74, 6) is 0.880. The summed E-state index contributed by atoms with van der Waals surface area (Å²) in [5.41, 5.74) is 10.9. The number of aromatic hydroxyl groups is 1. The number of ether oxygens (including phenoxy) is 1. The highest BCUT2D eigenvalue weighted by molar-refractivity contribution is 5.64. The predicted molar refractivity (Wildman–Crippen MR) is 186 cm³/mol. The molecule has 0 saturated carbocycles. The largest absolute Gasteiger partial charge is 0.508 e. The van der Waals surface area contributed by atoms with Crippen LogP contribution in [0.3, 0.4) is 0 Å². The molecule has 1 saturated heterocycles. The number of nitrogens with two attached hydrogens (primary N) is 2. The Morgan fingerprint density at radius 1 is 1.07 bits per heavy atom. The zero-order valence-corrected chi connectivity index (χ0v) is 29.2. The molecular weight excluding hydrogens is 587 g/mol. The molecule has 10 heteroatoms. The van der Waals surface area contributed by atoms with Crippen molar-refractivity contribution in [2.75, 3.05) is 26.7 Å². The van der Waals surface area contributed by atoms with E-state index in [-0.39, 0.29) is 29.8 Å². The maximum Gasteiger partial charge on any atom is 0.254 e. The van der Waals surface area contributed by atoms with Crippen molar-refractivity contribution < 1.29 is 28.3 Å². The van der Waals surface area contributed by atoms with Crippen molar-refractivity contribution in [2.45, 2.75) is 92.5 Å². The third-order valence-electron chi connectivity index (χ3n) is 6.74. The number of primary amides is 1. The summed E-state index contributed by atoms with van der Waals surface area (Å²) in [5, 5.41) is 12.9. The number of rotatable bonds is 10. The molecule has 1 aliphatic heterocycles.